The van der Waals surface area contributed by atoms with Crippen molar-refractivity contribution < 1.29 is 24.2 Å². The molecule has 1 atom stereocenters. The number of amides is 2. The molecule has 8 nitrogen and oxygen atoms in total. The number of hydrogen-bond donors (Lipinski definition) is 4. The van der Waals surface area contributed by atoms with Crippen molar-refractivity contribution in [3.63, 3.8) is 0 Å². The molecule has 1 aromatic rings. The Morgan fingerprint density at radius 1 is 1.17 bits per heavy atom. The van der Waals surface area contributed by atoms with Crippen LogP contribution in [0.5, 0.6) is 0 Å². The number of carboxylic acid groups (broad SMARTS) is 1. The number of benzene rings is 1. The van der Waals surface area contributed by atoms with Crippen molar-refractivity contribution in [3.8, 4) is 0 Å². The van der Waals surface area contributed by atoms with Gasteiger partial charge in [0.05, 0.1) is 12.6 Å². The maximum Gasteiger partial charge on any atom is 0.506 e. The van der Waals surface area contributed by atoms with E-state index in [4.69, 9.17) is 5.11 Å². The van der Waals surface area contributed by atoms with E-state index >= 15 is 0 Å². The monoisotopic (exact) mass is 337 g/mol. The van der Waals surface area contributed by atoms with Crippen LogP contribution in [0.3, 0.4) is 0 Å². The smallest absolute Gasteiger partial charge is 0.450 e. The Kier molecular flexibility index (Phi) is 7.70. The molecule has 8 heteroatoms. The van der Waals surface area contributed by atoms with Gasteiger partial charge in [-0.2, -0.15) is 0 Å². The number of likely N-dealkylation sites (N-methyl/N-ethyl adjacent to an activating group) is 1. The Bertz CT molecular complexity index is 572. The second-order valence-electron chi connectivity index (χ2n) is 5.53. The van der Waals surface area contributed by atoms with Gasteiger partial charge in [0, 0.05) is 5.69 Å². The van der Waals surface area contributed by atoms with E-state index in [1.807, 2.05) is 13.8 Å². The lowest BCUT2D eigenvalue weighted by molar-refractivity contribution is -0.126. The van der Waals surface area contributed by atoms with Crippen molar-refractivity contribution in [2.45, 2.75) is 26.5 Å². The van der Waals surface area contributed by atoms with Crippen LogP contribution in [0, 0.1) is 5.92 Å². The summed E-state index contributed by atoms with van der Waals surface area (Å²) in [4.78, 5) is 34.1. The second kappa shape index (κ2) is 9.51. The Morgan fingerprint density at radius 2 is 1.79 bits per heavy atom. The number of hydrogen-bond acceptors (Lipinski definition) is 5. The van der Waals surface area contributed by atoms with Gasteiger partial charge >= 0.3 is 6.16 Å². The molecule has 4 N–H and O–H groups in total. The highest BCUT2D eigenvalue weighted by molar-refractivity contribution is 5.95. The second-order valence-corrected chi connectivity index (χ2v) is 5.53. The normalized spacial score (nSPS) is 11.7. The van der Waals surface area contributed by atoms with E-state index in [0.717, 1.165) is 0 Å². The summed E-state index contributed by atoms with van der Waals surface area (Å²) in [6.45, 7) is 3.64. The zero-order valence-electron chi connectivity index (χ0n) is 14.0. The molecule has 0 saturated carbocycles. The van der Waals surface area contributed by atoms with Crippen LogP contribution in [0.25, 0.3) is 0 Å². The standard InChI is InChI=1S/C16H23N3O5/c1-10(2)14(17-3)15(21)18-8-13(20)19-12-6-4-11(5-7-12)9-24-16(22)23/h4-7,10,14,17H,8-9H2,1-3H3,(H,18,21)(H,19,20)(H,22,23). The number of rotatable bonds is 8. The predicted octanol–water partition coefficient (Wildman–Crippen LogP) is 1.18. The third kappa shape index (κ3) is 6.66. The number of carbonyl (C=O) groups is 3. The third-order valence-electron chi connectivity index (χ3n) is 3.28. The molecular weight excluding hydrogens is 314 g/mol. The first-order chi connectivity index (χ1) is 11.3. The molecule has 24 heavy (non-hydrogen) atoms. The first-order valence-electron chi connectivity index (χ1n) is 7.53. The van der Waals surface area contributed by atoms with Crippen molar-refractivity contribution in [1.82, 2.24) is 10.6 Å². The summed E-state index contributed by atoms with van der Waals surface area (Å²) in [5.74, 6) is -0.473. The fourth-order valence-electron chi connectivity index (χ4n) is 2.08. The molecule has 0 aliphatic carbocycles. The highest BCUT2D eigenvalue weighted by Gasteiger charge is 2.20. The molecule has 0 bridgehead atoms. The van der Waals surface area contributed by atoms with Crippen LogP contribution in [0.2, 0.25) is 0 Å². The predicted molar refractivity (Wildman–Crippen MR) is 88.6 cm³/mol. The highest BCUT2D eigenvalue weighted by Crippen LogP contribution is 2.10. The molecular formula is C16H23N3O5. The highest BCUT2D eigenvalue weighted by atomic mass is 16.7. The molecule has 0 aliphatic rings. The number of anilines is 1. The zero-order valence-corrected chi connectivity index (χ0v) is 14.0. The summed E-state index contributed by atoms with van der Waals surface area (Å²) in [6, 6.07) is 6.20. The molecule has 2 amide bonds. The van der Waals surface area contributed by atoms with Crippen LogP contribution in [-0.4, -0.2) is 42.7 Å². The Morgan fingerprint density at radius 3 is 2.29 bits per heavy atom. The Hall–Kier alpha value is -2.61. The van der Waals surface area contributed by atoms with Gasteiger partial charge in [-0.25, -0.2) is 4.79 Å². The molecule has 0 spiro atoms. The maximum absolute atomic E-state index is 11.9. The number of ether oxygens (including phenoxy) is 1. The van der Waals surface area contributed by atoms with Gasteiger partial charge in [0.15, 0.2) is 0 Å². The zero-order chi connectivity index (χ0) is 18.1. The van der Waals surface area contributed by atoms with Gasteiger partial charge in [-0.15, -0.1) is 0 Å². The van der Waals surface area contributed by atoms with Crippen molar-refractivity contribution in [3.05, 3.63) is 29.8 Å². The summed E-state index contributed by atoms with van der Waals surface area (Å²) in [6.07, 6.45) is -1.34. The topological polar surface area (TPSA) is 117 Å². The molecule has 0 saturated heterocycles. The lowest BCUT2D eigenvalue weighted by atomic mass is 10.0. The summed E-state index contributed by atoms with van der Waals surface area (Å²) >= 11 is 0. The van der Waals surface area contributed by atoms with Crippen molar-refractivity contribution in [1.29, 1.82) is 0 Å². The Labute approximate surface area is 140 Å². The fourth-order valence-corrected chi connectivity index (χ4v) is 2.08. The SMILES string of the molecule is CNC(C(=O)NCC(=O)Nc1ccc(COC(=O)O)cc1)C(C)C. The molecule has 1 unspecified atom stereocenters. The average Bonchev–Trinajstić information content (AvgIpc) is 2.52. The van der Waals surface area contributed by atoms with Gasteiger partial charge in [-0.05, 0) is 30.7 Å². The van der Waals surface area contributed by atoms with E-state index in [1.54, 1.807) is 31.3 Å². The minimum Gasteiger partial charge on any atom is -0.450 e. The molecule has 0 heterocycles. The van der Waals surface area contributed by atoms with Crippen LogP contribution >= 0.6 is 0 Å². The van der Waals surface area contributed by atoms with Crippen LogP contribution in [-0.2, 0) is 20.9 Å². The van der Waals surface area contributed by atoms with Crippen LogP contribution in [0.4, 0.5) is 10.5 Å². The van der Waals surface area contributed by atoms with Gasteiger partial charge in [0.2, 0.25) is 11.8 Å². The minimum absolute atomic E-state index is 0.0553. The molecule has 1 rings (SSSR count). The average molecular weight is 337 g/mol. The first kappa shape index (κ1) is 19.4. The van der Waals surface area contributed by atoms with Crippen molar-refractivity contribution in [2.24, 2.45) is 5.92 Å². The summed E-state index contributed by atoms with van der Waals surface area (Å²) in [5.41, 5.74) is 1.21. The molecule has 0 aromatic heterocycles. The maximum atomic E-state index is 11.9. The van der Waals surface area contributed by atoms with Crippen molar-refractivity contribution >= 4 is 23.7 Å². The summed E-state index contributed by atoms with van der Waals surface area (Å²) < 4.78 is 4.44. The van der Waals surface area contributed by atoms with Gasteiger partial charge in [0.1, 0.15) is 6.61 Å². The van der Waals surface area contributed by atoms with Crippen LogP contribution < -0.4 is 16.0 Å². The summed E-state index contributed by atoms with van der Waals surface area (Å²) in [7, 11) is 1.69. The van der Waals surface area contributed by atoms with Crippen LogP contribution in [0.15, 0.2) is 24.3 Å². The van der Waals surface area contributed by atoms with Gasteiger partial charge in [-0.3, -0.25) is 9.59 Å². The van der Waals surface area contributed by atoms with E-state index in [2.05, 4.69) is 20.7 Å². The molecule has 1 aromatic carbocycles. The van der Waals surface area contributed by atoms with E-state index in [0.29, 0.717) is 11.3 Å². The third-order valence-corrected chi connectivity index (χ3v) is 3.28. The Balaban J connectivity index is 2.45. The molecule has 132 valence electrons. The van der Waals surface area contributed by atoms with E-state index < -0.39 is 6.16 Å². The van der Waals surface area contributed by atoms with E-state index in [-0.39, 0.29) is 36.9 Å². The van der Waals surface area contributed by atoms with E-state index in [1.165, 1.54) is 0 Å². The number of nitrogens with one attached hydrogen (secondary N) is 3. The van der Waals surface area contributed by atoms with E-state index in [9.17, 15) is 14.4 Å². The van der Waals surface area contributed by atoms with Crippen molar-refractivity contribution in [2.75, 3.05) is 18.9 Å². The number of carbonyl (C=O) groups excluding carboxylic acids is 2. The summed E-state index contributed by atoms with van der Waals surface area (Å²) in [5, 5.41) is 16.6. The lowest BCUT2D eigenvalue weighted by Crippen LogP contribution is -2.47. The molecule has 0 fully saturated rings. The quantitative estimate of drug-likeness (QED) is 0.529. The van der Waals surface area contributed by atoms with Gasteiger partial charge < -0.3 is 25.8 Å². The van der Waals surface area contributed by atoms with Crippen LogP contribution in [0.1, 0.15) is 19.4 Å². The fraction of sp³-hybridized carbons (Fsp3) is 0.438. The molecule has 0 radical (unpaired) electrons. The minimum atomic E-state index is -1.34. The largest absolute Gasteiger partial charge is 0.506 e. The van der Waals surface area contributed by atoms with Gasteiger partial charge in [-0.1, -0.05) is 26.0 Å². The lowest BCUT2D eigenvalue weighted by Gasteiger charge is -2.19. The first-order valence-corrected chi connectivity index (χ1v) is 7.53. The van der Waals surface area contributed by atoms with Gasteiger partial charge in [0.25, 0.3) is 0 Å². The molecule has 0 aliphatic heterocycles.